The van der Waals surface area contributed by atoms with Crippen molar-refractivity contribution in [3.8, 4) is 0 Å². The van der Waals surface area contributed by atoms with Crippen LogP contribution in [0.15, 0.2) is 18.2 Å². The molecule has 3 fully saturated rings. The summed E-state index contributed by atoms with van der Waals surface area (Å²) in [6, 6.07) is 5.93. The number of ether oxygens (including phenoxy) is 1. The molecule has 0 bridgehead atoms. The molecular weight excluding hydrogens is 454 g/mol. The van der Waals surface area contributed by atoms with E-state index in [9.17, 15) is 13.6 Å². The number of piperidine rings is 1. The van der Waals surface area contributed by atoms with Gasteiger partial charge in [-0.3, -0.25) is 20.3 Å². The van der Waals surface area contributed by atoms with Crippen LogP contribution in [0.5, 0.6) is 0 Å². The normalized spacial score (nSPS) is 32.9. The van der Waals surface area contributed by atoms with E-state index >= 15 is 0 Å². The Kier molecular flexibility index (Phi) is 7.69. The van der Waals surface area contributed by atoms with Gasteiger partial charge in [0.1, 0.15) is 12.4 Å². The first kappa shape index (κ1) is 25.0. The lowest BCUT2D eigenvalue weighted by molar-refractivity contribution is -0.131. The number of methoxy groups -OCH3 is 1. The van der Waals surface area contributed by atoms with Gasteiger partial charge in [0.2, 0.25) is 5.91 Å². The fourth-order valence-electron chi connectivity index (χ4n) is 6.48. The summed E-state index contributed by atoms with van der Waals surface area (Å²) >= 11 is 0. The molecule has 194 valence electrons. The van der Waals surface area contributed by atoms with Crippen LogP contribution in [0.2, 0.25) is 0 Å². The highest BCUT2D eigenvalue weighted by atomic mass is 19.3. The van der Waals surface area contributed by atoms with E-state index in [-0.39, 0.29) is 29.6 Å². The van der Waals surface area contributed by atoms with E-state index in [1.165, 1.54) is 32.1 Å². The average Bonchev–Trinajstić information content (AvgIpc) is 3.49. The third-order valence-corrected chi connectivity index (χ3v) is 8.34. The number of halogens is 2. The first-order valence-electron chi connectivity index (χ1n) is 13.2. The van der Waals surface area contributed by atoms with Gasteiger partial charge in [-0.2, -0.15) is 5.48 Å². The third-order valence-electron chi connectivity index (χ3n) is 8.34. The molecule has 35 heavy (non-hydrogen) atoms. The molecule has 0 aromatic heterocycles. The van der Waals surface area contributed by atoms with E-state index < -0.39 is 18.8 Å². The minimum absolute atomic E-state index is 0.0106. The first-order chi connectivity index (χ1) is 17.0. The van der Waals surface area contributed by atoms with Gasteiger partial charge in [0.25, 0.3) is 6.43 Å². The maximum atomic E-state index is 13.5. The molecule has 1 saturated carbocycles. The lowest BCUT2D eigenvalue weighted by atomic mass is 9.73. The molecule has 5 atom stereocenters. The molecule has 0 radical (unpaired) electrons. The van der Waals surface area contributed by atoms with Crippen molar-refractivity contribution in [1.29, 1.82) is 0 Å². The Hall–Kier alpha value is -1.65. The minimum atomic E-state index is -2.60. The van der Waals surface area contributed by atoms with Gasteiger partial charge >= 0.3 is 0 Å². The Morgan fingerprint density at radius 2 is 1.97 bits per heavy atom. The van der Waals surface area contributed by atoms with Crippen LogP contribution in [-0.2, 0) is 20.8 Å². The van der Waals surface area contributed by atoms with Crippen LogP contribution in [0.1, 0.15) is 93.1 Å². The van der Waals surface area contributed by atoms with Gasteiger partial charge in [0.05, 0.1) is 6.04 Å². The fourth-order valence-corrected chi connectivity index (χ4v) is 6.48. The number of carbonyl (C=O) groups is 1. The van der Waals surface area contributed by atoms with Gasteiger partial charge in [-0.05, 0) is 55.2 Å². The Labute approximate surface area is 206 Å². The smallest absolute Gasteiger partial charge is 0.279 e. The summed E-state index contributed by atoms with van der Waals surface area (Å²) < 4.78 is 31.5. The minimum Gasteiger partial charge on any atom is -0.367 e. The second kappa shape index (κ2) is 10.8. The summed E-state index contributed by atoms with van der Waals surface area (Å²) in [5.41, 5.74) is 5.75. The number of rotatable bonds is 5. The van der Waals surface area contributed by atoms with Crippen LogP contribution < -0.4 is 21.4 Å². The Balaban J connectivity index is 1.24. The molecule has 4 N–H and O–H groups in total. The highest BCUT2D eigenvalue weighted by molar-refractivity contribution is 5.79. The predicted octanol–water partition coefficient (Wildman–Crippen LogP) is 3.96. The van der Waals surface area contributed by atoms with Crippen LogP contribution in [0, 0.1) is 5.92 Å². The van der Waals surface area contributed by atoms with E-state index in [4.69, 9.17) is 9.57 Å². The molecule has 2 aliphatic carbocycles. The number of hydrogen-bond donors (Lipinski definition) is 4. The SMILES string of the molecule is COC1CC(C(=O)N[C@@H]2CCc3cc(C4NOC(C(F)F)N4)ccc32)CC2(CCCCCCC2)N1. The van der Waals surface area contributed by atoms with E-state index in [1.807, 2.05) is 18.2 Å². The standard InChI is InChI=1S/C26H38F2N4O3/c1-34-21-14-18(15-26(31-21)11-5-3-2-4-6-12-26)24(33)29-20-10-8-16-13-17(7-9-19(16)20)23-30-25(22(27)28)35-32-23/h7,9,13,18,20-23,25,30-32H,2-6,8,10-12,14-15H2,1H3,(H,29,33)/t18?,20-,21?,23?,25?/m1/s1. The van der Waals surface area contributed by atoms with E-state index in [2.05, 4.69) is 21.4 Å². The molecule has 2 aliphatic heterocycles. The maximum absolute atomic E-state index is 13.5. The molecular formula is C26H38F2N4O3. The number of carbonyl (C=O) groups excluding carboxylic acids is 1. The third kappa shape index (κ3) is 5.54. The monoisotopic (exact) mass is 492 g/mol. The summed E-state index contributed by atoms with van der Waals surface area (Å²) in [5.74, 6) is 0.0449. The van der Waals surface area contributed by atoms with Crippen molar-refractivity contribution in [2.45, 2.75) is 107 Å². The fraction of sp³-hybridized carbons (Fsp3) is 0.731. The van der Waals surface area contributed by atoms with Crippen molar-refractivity contribution in [3.05, 3.63) is 34.9 Å². The highest BCUT2D eigenvalue weighted by Gasteiger charge is 2.43. The molecule has 1 aromatic rings. The highest BCUT2D eigenvalue weighted by Crippen LogP contribution is 2.39. The summed E-state index contributed by atoms with van der Waals surface area (Å²) in [4.78, 5) is 18.4. The van der Waals surface area contributed by atoms with Crippen LogP contribution in [-0.4, -0.2) is 37.4 Å². The zero-order valence-electron chi connectivity index (χ0n) is 20.5. The zero-order chi connectivity index (χ0) is 24.4. The van der Waals surface area contributed by atoms with Crippen LogP contribution in [0.25, 0.3) is 0 Å². The van der Waals surface area contributed by atoms with Crippen molar-refractivity contribution in [3.63, 3.8) is 0 Å². The molecule has 2 saturated heterocycles. The number of alkyl halides is 2. The molecule has 4 unspecified atom stereocenters. The second-order valence-corrected chi connectivity index (χ2v) is 10.7. The molecule has 7 nitrogen and oxygen atoms in total. The van der Waals surface area contributed by atoms with Gasteiger partial charge < -0.3 is 10.1 Å². The van der Waals surface area contributed by atoms with Gasteiger partial charge in [0, 0.05) is 18.6 Å². The molecule has 1 aromatic carbocycles. The van der Waals surface area contributed by atoms with Crippen molar-refractivity contribution in [2.24, 2.45) is 5.92 Å². The molecule has 4 aliphatic rings. The molecule has 9 heteroatoms. The number of benzene rings is 1. The van der Waals surface area contributed by atoms with E-state index in [0.717, 1.165) is 48.8 Å². The Bertz CT molecular complexity index is 893. The van der Waals surface area contributed by atoms with Crippen molar-refractivity contribution >= 4 is 5.91 Å². The zero-order valence-corrected chi connectivity index (χ0v) is 20.5. The largest absolute Gasteiger partial charge is 0.367 e. The van der Waals surface area contributed by atoms with Crippen molar-refractivity contribution in [1.82, 2.24) is 21.4 Å². The van der Waals surface area contributed by atoms with Crippen molar-refractivity contribution < 1.29 is 23.1 Å². The van der Waals surface area contributed by atoms with Gasteiger partial charge in [-0.25, -0.2) is 8.78 Å². The van der Waals surface area contributed by atoms with Crippen molar-refractivity contribution in [2.75, 3.05) is 7.11 Å². The number of nitrogens with one attached hydrogen (secondary N) is 4. The quantitative estimate of drug-likeness (QED) is 0.498. The second-order valence-electron chi connectivity index (χ2n) is 10.7. The maximum Gasteiger partial charge on any atom is 0.279 e. The lowest BCUT2D eigenvalue weighted by Gasteiger charge is -2.46. The number of hydrogen-bond acceptors (Lipinski definition) is 6. The number of amides is 1. The number of hydroxylamine groups is 1. The predicted molar refractivity (Wildman–Crippen MR) is 127 cm³/mol. The van der Waals surface area contributed by atoms with Crippen LogP contribution in [0.4, 0.5) is 8.78 Å². The molecule has 1 spiro atoms. The summed E-state index contributed by atoms with van der Waals surface area (Å²) in [7, 11) is 1.72. The number of fused-ring (bicyclic) bond motifs is 1. The topological polar surface area (TPSA) is 83.7 Å². The van der Waals surface area contributed by atoms with Gasteiger partial charge in [-0.15, -0.1) is 0 Å². The number of aryl methyl sites for hydroxylation is 1. The molecule has 2 heterocycles. The van der Waals surface area contributed by atoms with E-state index in [1.54, 1.807) is 7.11 Å². The molecule has 5 rings (SSSR count). The first-order valence-corrected chi connectivity index (χ1v) is 13.2. The summed E-state index contributed by atoms with van der Waals surface area (Å²) in [5, 5.41) is 9.84. The summed E-state index contributed by atoms with van der Waals surface area (Å²) in [6.07, 6.45) is 7.18. The summed E-state index contributed by atoms with van der Waals surface area (Å²) in [6.45, 7) is 0. The Morgan fingerprint density at radius 1 is 1.20 bits per heavy atom. The molecule has 1 amide bonds. The van der Waals surface area contributed by atoms with Gasteiger partial charge in [-0.1, -0.05) is 50.3 Å². The Morgan fingerprint density at radius 3 is 2.69 bits per heavy atom. The average molecular weight is 493 g/mol. The van der Waals surface area contributed by atoms with Crippen LogP contribution >= 0.6 is 0 Å². The van der Waals surface area contributed by atoms with Crippen LogP contribution in [0.3, 0.4) is 0 Å². The van der Waals surface area contributed by atoms with Gasteiger partial charge in [0.15, 0.2) is 6.23 Å². The van der Waals surface area contributed by atoms with E-state index in [0.29, 0.717) is 6.42 Å². The lowest BCUT2D eigenvalue weighted by Crippen LogP contribution is -2.58.